The van der Waals surface area contributed by atoms with Crippen molar-refractivity contribution in [3.8, 4) is 11.5 Å². The molecule has 0 radical (unpaired) electrons. The van der Waals surface area contributed by atoms with E-state index in [-0.39, 0.29) is 0 Å². The summed E-state index contributed by atoms with van der Waals surface area (Å²) in [6.07, 6.45) is 0.932. The predicted molar refractivity (Wildman–Crippen MR) is 92.1 cm³/mol. The molecule has 1 N–H and O–H groups in total. The number of ether oxygens (including phenoxy) is 2. The summed E-state index contributed by atoms with van der Waals surface area (Å²) in [5.74, 6) is 2.65. The lowest BCUT2D eigenvalue weighted by Gasteiger charge is -2.17. The van der Waals surface area contributed by atoms with E-state index in [1.807, 2.05) is 31.2 Å². The third-order valence-corrected chi connectivity index (χ3v) is 3.67. The summed E-state index contributed by atoms with van der Waals surface area (Å²) in [5.41, 5.74) is 2.26. The average molecular weight is 317 g/mol. The highest BCUT2D eigenvalue weighted by Crippen LogP contribution is 2.26. The zero-order valence-corrected chi connectivity index (χ0v) is 14.6. The minimum Gasteiger partial charge on any atom is -0.490 e. The summed E-state index contributed by atoms with van der Waals surface area (Å²) >= 11 is 0. The van der Waals surface area contributed by atoms with Crippen LogP contribution in [0.3, 0.4) is 0 Å². The van der Waals surface area contributed by atoms with Gasteiger partial charge in [0.25, 0.3) is 0 Å². The van der Waals surface area contributed by atoms with Crippen LogP contribution in [-0.2, 0) is 13.0 Å². The van der Waals surface area contributed by atoms with Gasteiger partial charge in [-0.3, -0.25) is 4.90 Å². The molecule has 1 aromatic carbocycles. The number of aromatic amines is 1. The molecule has 2 aromatic rings. The summed E-state index contributed by atoms with van der Waals surface area (Å²) in [7, 11) is 2.08. The molecule has 2 rings (SSSR count). The fourth-order valence-electron chi connectivity index (χ4n) is 2.37. The first-order valence-corrected chi connectivity index (χ1v) is 8.21. The van der Waals surface area contributed by atoms with E-state index < -0.39 is 0 Å². The maximum atomic E-state index is 5.86. The van der Waals surface area contributed by atoms with Crippen molar-refractivity contribution >= 4 is 0 Å². The number of hydrogen-bond donors (Lipinski definition) is 1. The molecule has 0 bridgehead atoms. The molecule has 0 aliphatic carbocycles. The van der Waals surface area contributed by atoms with Gasteiger partial charge in [-0.15, -0.1) is 0 Å². The minimum absolute atomic E-state index is 0.616. The third-order valence-electron chi connectivity index (χ3n) is 3.67. The van der Waals surface area contributed by atoms with Crippen LogP contribution in [0.2, 0.25) is 0 Å². The van der Waals surface area contributed by atoms with Gasteiger partial charge in [-0.2, -0.15) is 0 Å². The summed E-state index contributed by atoms with van der Waals surface area (Å²) in [5, 5.41) is 0. The second-order valence-corrected chi connectivity index (χ2v) is 5.57. The number of aromatic nitrogens is 2. The summed E-state index contributed by atoms with van der Waals surface area (Å²) in [4.78, 5) is 10.1. The van der Waals surface area contributed by atoms with Crippen LogP contribution in [0.5, 0.6) is 11.5 Å². The normalized spacial score (nSPS) is 11.0. The Labute approximate surface area is 138 Å². The first-order valence-electron chi connectivity index (χ1n) is 8.21. The van der Waals surface area contributed by atoms with Crippen LogP contribution >= 0.6 is 0 Å². The molecule has 0 atom stereocenters. The zero-order chi connectivity index (χ0) is 16.7. The number of likely N-dealkylation sites (N-methyl/N-ethyl adjacent to an activating group) is 1. The number of para-hydroxylation sites is 2. The van der Waals surface area contributed by atoms with Gasteiger partial charge in [-0.25, -0.2) is 4.98 Å². The van der Waals surface area contributed by atoms with Crippen molar-refractivity contribution in [1.29, 1.82) is 0 Å². The van der Waals surface area contributed by atoms with Gasteiger partial charge >= 0.3 is 0 Å². The lowest BCUT2D eigenvalue weighted by atomic mass is 10.3. The van der Waals surface area contributed by atoms with E-state index in [0.29, 0.717) is 13.2 Å². The van der Waals surface area contributed by atoms with Crippen LogP contribution in [0.4, 0.5) is 0 Å². The van der Waals surface area contributed by atoms with E-state index >= 15 is 0 Å². The Balaban J connectivity index is 1.83. The molecule has 126 valence electrons. The van der Waals surface area contributed by atoms with Crippen molar-refractivity contribution in [3.63, 3.8) is 0 Å². The number of imidazole rings is 1. The number of benzene rings is 1. The number of rotatable bonds is 9. The summed E-state index contributed by atoms with van der Waals surface area (Å²) in [6, 6.07) is 7.79. The van der Waals surface area contributed by atoms with Crippen molar-refractivity contribution in [3.05, 3.63) is 41.5 Å². The average Bonchev–Trinajstić information content (AvgIpc) is 2.89. The Morgan fingerprint density at radius 1 is 1.13 bits per heavy atom. The molecule has 1 aromatic heterocycles. The highest BCUT2D eigenvalue weighted by atomic mass is 16.5. The molecule has 0 amide bonds. The maximum Gasteiger partial charge on any atom is 0.161 e. The lowest BCUT2D eigenvalue weighted by molar-refractivity contribution is 0.221. The smallest absolute Gasteiger partial charge is 0.161 e. The SMILES string of the molecule is CCOc1ccccc1OCCN(C)Cc1nc(CC)[nH]c1C. The molecule has 0 aliphatic rings. The molecular formula is C18H27N3O2. The van der Waals surface area contributed by atoms with Gasteiger partial charge in [0, 0.05) is 25.2 Å². The van der Waals surface area contributed by atoms with Crippen LogP contribution < -0.4 is 9.47 Å². The summed E-state index contributed by atoms with van der Waals surface area (Å²) in [6.45, 7) is 9.05. The minimum atomic E-state index is 0.616. The number of H-pyrrole nitrogens is 1. The van der Waals surface area contributed by atoms with E-state index in [4.69, 9.17) is 9.47 Å². The Morgan fingerprint density at radius 3 is 2.43 bits per heavy atom. The van der Waals surface area contributed by atoms with Crippen LogP contribution in [0.25, 0.3) is 0 Å². The number of hydrogen-bond acceptors (Lipinski definition) is 4. The standard InChI is InChI=1S/C18H27N3O2/c1-5-18-19-14(3)15(20-18)13-21(4)11-12-23-17-10-8-7-9-16(17)22-6-2/h7-10H,5-6,11-13H2,1-4H3,(H,19,20). The Kier molecular flexibility index (Phi) is 6.47. The van der Waals surface area contributed by atoms with Crippen LogP contribution in [0.1, 0.15) is 31.1 Å². The maximum absolute atomic E-state index is 5.86. The number of nitrogens with zero attached hydrogens (tertiary/aromatic N) is 2. The van der Waals surface area contributed by atoms with Crippen molar-refractivity contribution in [2.24, 2.45) is 0 Å². The van der Waals surface area contributed by atoms with Gasteiger partial charge in [-0.1, -0.05) is 19.1 Å². The summed E-state index contributed by atoms with van der Waals surface area (Å²) < 4.78 is 11.4. The van der Waals surface area contributed by atoms with Gasteiger partial charge in [0.15, 0.2) is 11.5 Å². The molecule has 0 fully saturated rings. The van der Waals surface area contributed by atoms with E-state index in [9.17, 15) is 0 Å². The highest BCUT2D eigenvalue weighted by molar-refractivity contribution is 5.39. The fraction of sp³-hybridized carbons (Fsp3) is 0.500. The van der Waals surface area contributed by atoms with Gasteiger partial charge in [0.2, 0.25) is 0 Å². The Morgan fingerprint density at radius 2 is 1.83 bits per heavy atom. The van der Waals surface area contributed by atoms with E-state index in [2.05, 4.69) is 35.8 Å². The van der Waals surface area contributed by atoms with Gasteiger partial charge in [0.1, 0.15) is 12.4 Å². The molecule has 23 heavy (non-hydrogen) atoms. The molecule has 5 nitrogen and oxygen atoms in total. The van der Waals surface area contributed by atoms with Gasteiger partial charge in [0.05, 0.1) is 12.3 Å². The molecule has 0 unspecified atom stereocenters. The molecule has 0 saturated carbocycles. The van der Waals surface area contributed by atoms with Crippen molar-refractivity contribution in [2.45, 2.75) is 33.7 Å². The van der Waals surface area contributed by atoms with E-state index in [1.165, 1.54) is 0 Å². The van der Waals surface area contributed by atoms with E-state index in [1.54, 1.807) is 0 Å². The first-order chi connectivity index (χ1) is 11.1. The Hall–Kier alpha value is -2.01. The first kappa shape index (κ1) is 17.3. The van der Waals surface area contributed by atoms with Crippen LogP contribution in [0.15, 0.2) is 24.3 Å². The van der Waals surface area contributed by atoms with Crippen LogP contribution in [0, 0.1) is 6.92 Å². The number of nitrogens with one attached hydrogen (secondary N) is 1. The van der Waals surface area contributed by atoms with Gasteiger partial charge < -0.3 is 14.5 Å². The number of aryl methyl sites for hydroxylation is 2. The molecule has 0 spiro atoms. The van der Waals surface area contributed by atoms with Crippen molar-refractivity contribution < 1.29 is 9.47 Å². The second-order valence-electron chi connectivity index (χ2n) is 5.57. The topological polar surface area (TPSA) is 50.4 Å². The zero-order valence-electron chi connectivity index (χ0n) is 14.6. The van der Waals surface area contributed by atoms with Crippen molar-refractivity contribution in [1.82, 2.24) is 14.9 Å². The van der Waals surface area contributed by atoms with E-state index in [0.717, 1.165) is 48.2 Å². The quantitative estimate of drug-likeness (QED) is 0.772. The Bertz CT molecular complexity index is 610. The van der Waals surface area contributed by atoms with Crippen molar-refractivity contribution in [2.75, 3.05) is 26.8 Å². The monoisotopic (exact) mass is 317 g/mol. The molecule has 0 aliphatic heterocycles. The molecule has 0 saturated heterocycles. The predicted octanol–water partition coefficient (Wildman–Crippen LogP) is 3.19. The lowest BCUT2D eigenvalue weighted by Crippen LogP contribution is -2.24. The second kappa shape index (κ2) is 8.58. The highest BCUT2D eigenvalue weighted by Gasteiger charge is 2.09. The largest absolute Gasteiger partial charge is 0.490 e. The molecule has 1 heterocycles. The fourth-order valence-corrected chi connectivity index (χ4v) is 2.37. The molecule has 5 heteroatoms. The van der Waals surface area contributed by atoms with Crippen LogP contribution in [-0.4, -0.2) is 41.7 Å². The third kappa shape index (κ3) is 4.99. The molecular weight excluding hydrogens is 290 g/mol. The van der Waals surface area contributed by atoms with Gasteiger partial charge in [-0.05, 0) is 33.0 Å².